The van der Waals surface area contributed by atoms with Crippen molar-refractivity contribution >= 4 is 23.4 Å². The third-order valence-electron chi connectivity index (χ3n) is 4.10. The molecule has 1 aromatic heterocycles. The zero-order chi connectivity index (χ0) is 18.4. The highest BCUT2D eigenvalue weighted by Gasteiger charge is 2.15. The van der Waals surface area contributed by atoms with E-state index in [-0.39, 0.29) is 11.7 Å². The Morgan fingerprint density at radius 3 is 2.65 bits per heavy atom. The Kier molecular flexibility index (Phi) is 6.65. The van der Waals surface area contributed by atoms with Crippen LogP contribution in [0.4, 0.5) is 5.69 Å². The monoisotopic (exact) mass is 376 g/mol. The Balaban J connectivity index is 1.44. The molecule has 1 aliphatic heterocycles. The lowest BCUT2D eigenvalue weighted by Gasteiger charge is -2.24. The fourth-order valence-electron chi connectivity index (χ4n) is 2.59. The zero-order valence-corrected chi connectivity index (χ0v) is 15.9. The first kappa shape index (κ1) is 18.9. The lowest BCUT2D eigenvalue weighted by molar-refractivity contribution is -0.113. The Hall–Kier alpha value is -1.90. The summed E-state index contributed by atoms with van der Waals surface area (Å²) in [4.78, 5) is 14.3. The number of ether oxygens (including phenoxy) is 1. The predicted molar refractivity (Wildman–Crippen MR) is 100 cm³/mol. The first-order valence-corrected chi connectivity index (χ1v) is 9.74. The molecule has 1 N–H and O–H groups in total. The number of benzene rings is 1. The van der Waals surface area contributed by atoms with Crippen molar-refractivity contribution in [1.82, 2.24) is 15.1 Å². The molecule has 26 heavy (non-hydrogen) atoms. The summed E-state index contributed by atoms with van der Waals surface area (Å²) in [5.41, 5.74) is 2.04. The number of nitrogens with one attached hydrogen (secondary N) is 1. The summed E-state index contributed by atoms with van der Waals surface area (Å²) in [7, 11) is 0. The first-order chi connectivity index (χ1) is 12.6. The minimum Gasteiger partial charge on any atom is -0.415 e. The van der Waals surface area contributed by atoms with Crippen LogP contribution in [0, 0.1) is 0 Å². The van der Waals surface area contributed by atoms with E-state index in [1.807, 2.05) is 24.3 Å². The van der Waals surface area contributed by atoms with Crippen LogP contribution < -0.4 is 5.32 Å². The molecule has 2 heterocycles. The normalized spacial score (nSPS) is 15.3. The summed E-state index contributed by atoms with van der Waals surface area (Å²) in [6.07, 6.45) is 0. The summed E-state index contributed by atoms with van der Waals surface area (Å²) in [5, 5.41) is 11.3. The number of anilines is 1. The van der Waals surface area contributed by atoms with Gasteiger partial charge in [-0.05, 0) is 23.6 Å². The highest BCUT2D eigenvalue weighted by molar-refractivity contribution is 7.99. The molecule has 0 saturated carbocycles. The molecule has 3 rings (SSSR count). The molecule has 1 aromatic carbocycles. The molecule has 0 atom stereocenters. The summed E-state index contributed by atoms with van der Waals surface area (Å²) in [6, 6.07) is 7.91. The van der Waals surface area contributed by atoms with Crippen LogP contribution in [0.2, 0.25) is 0 Å². The van der Waals surface area contributed by atoms with E-state index >= 15 is 0 Å². The summed E-state index contributed by atoms with van der Waals surface area (Å²) in [5.74, 6) is 1.17. The Morgan fingerprint density at radius 2 is 1.96 bits per heavy atom. The van der Waals surface area contributed by atoms with Gasteiger partial charge in [-0.25, -0.2) is 0 Å². The standard InChI is InChI=1S/C18H24N4O3S/c1-13(2)14-3-5-15(6-4-14)19-16(23)12-26-18-21-20-17(25-18)11-22-7-9-24-10-8-22/h3-6,13H,7-12H2,1-2H3,(H,19,23). The van der Waals surface area contributed by atoms with Gasteiger partial charge in [0.05, 0.1) is 25.5 Å². The maximum absolute atomic E-state index is 12.1. The van der Waals surface area contributed by atoms with Crippen molar-refractivity contribution in [3.63, 3.8) is 0 Å². The number of morpholine rings is 1. The van der Waals surface area contributed by atoms with Crippen molar-refractivity contribution in [3.8, 4) is 0 Å². The second-order valence-corrected chi connectivity index (χ2v) is 7.39. The van der Waals surface area contributed by atoms with E-state index in [1.165, 1.54) is 17.3 Å². The van der Waals surface area contributed by atoms with E-state index < -0.39 is 0 Å². The molecule has 1 fully saturated rings. The number of hydrogen-bond acceptors (Lipinski definition) is 7. The number of aromatic nitrogens is 2. The molecule has 0 bridgehead atoms. The van der Waals surface area contributed by atoms with Gasteiger partial charge < -0.3 is 14.5 Å². The Labute approximate surface area is 157 Å². The minimum atomic E-state index is -0.0970. The number of amides is 1. The van der Waals surface area contributed by atoms with E-state index in [2.05, 4.69) is 34.3 Å². The van der Waals surface area contributed by atoms with E-state index in [0.717, 1.165) is 32.0 Å². The van der Waals surface area contributed by atoms with E-state index in [1.54, 1.807) is 0 Å². The fourth-order valence-corrected chi connectivity index (χ4v) is 3.17. The molecule has 140 valence electrons. The van der Waals surface area contributed by atoms with Gasteiger partial charge in [-0.15, -0.1) is 10.2 Å². The number of carbonyl (C=O) groups excluding carboxylic acids is 1. The van der Waals surface area contributed by atoms with Gasteiger partial charge in [0.2, 0.25) is 11.8 Å². The molecule has 0 unspecified atom stereocenters. The molecule has 0 spiro atoms. The van der Waals surface area contributed by atoms with Gasteiger partial charge in [0.1, 0.15) is 0 Å². The maximum atomic E-state index is 12.1. The van der Waals surface area contributed by atoms with Crippen molar-refractivity contribution in [1.29, 1.82) is 0 Å². The van der Waals surface area contributed by atoms with E-state index in [4.69, 9.17) is 9.15 Å². The highest BCUT2D eigenvalue weighted by atomic mass is 32.2. The highest BCUT2D eigenvalue weighted by Crippen LogP contribution is 2.19. The molecule has 8 heteroatoms. The van der Waals surface area contributed by atoms with Gasteiger partial charge in [-0.2, -0.15) is 0 Å². The summed E-state index contributed by atoms with van der Waals surface area (Å²) < 4.78 is 10.9. The maximum Gasteiger partial charge on any atom is 0.277 e. The number of rotatable bonds is 7. The SMILES string of the molecule is CC(C)c1ccc(NC(=O)CSc2nnc(CN3CCOCC3)o2)cc1. The van der Waals surface area contributed by atoms with Crippen LogP contribution in [0.5, 0.6) is 0 Å². The van der Waals surface area contributed by atoms with Crippen LogP contribution in [0.15, 0.2) is 33.9 Å². The molecule has 1 saturated heterocycles. The zero-order valence-electron chi connectivity index (χ0n) is 15.1. The van der Waals surface area contributed by atoms with Crippen LogP contribution in [0.1, 0.15) is 31.2 Å². The lowest BCUT2D eigenvalue weighted by Crippen LogP contribution is -2.35. The van der Waals surface area contributed by atoms with Crippen LogP contribution in [-0.4, -0.2) is 53.1 Å². The van der Waals surface area contributed by atoms with Crippen molar-refractivity contribution < 1.29 is 13.9 Å². The van der Waals surface area contributed by atoms with Crippen LogP contribution in [-0.2, 0) is 16.1 Å². The van der Waals surface area contributed by atoms with Gasteiger partial charge in [-0.3, -0.25) is 9.69 Å². The molecule has 1 amide bonds. The smallest absolute Gasteiger partial charge is 0.277 e. The van der Waals surface area contributed by atoms with Gasteiger partial charge in [0.25, 0.3) is 5.22 Å². The van der Waals surface area contributed by atoms with Crippen molar-refractivity contribution in [2.45, 2.75) is 31.5 Å². The second kappa shape index (κ2) is 9.16. The van der Waals surface area contributed by atoms with Crippen LogP contribution in [0.3, 0.4) is 0 Å². The molecular weight excluding hydrogens is 352 g/mol. The van der Waals surface area contributed by atoms with Crippen molar-refractivity contribution in [2.75, 3.05) is 37.4 Å². The van der Waals surface area contributed by atoms with Gasteiger partial charge >= 0.3 is 0 Å². The molecule has 0 aliphatic carbocycles. The Bertz CT molecular complexity index is 711. The van der Waals surface area contributed by atoms with E-state index in [0.29, 0.717) is 23.6 Å². The average Bonchev–Trinajstić information content (AvgIpc) is 3.09. The van der Waals surface area contributed by atoms with Crippen LogP contribution >= 0.6 is 11.8 Å². The molecule has 7 nitrogen and oxygen atoms in total. The fraction of sp³-hybridized carbons (Fsp3) is 0.500. The van der Waals surface area contributed by atoms with Gasteiger partial charge in [0, 0.05) is 18.8 Å². The first-order valence-electron chi connectivity index (χ1n) is 8.75. The van der Waals surface area contributed by atoms with Crippen molar-refractivity contribution in [2.24, 2.45) is 0 Å². The number of carbonyl (C=O) groups is 1. The Morgan fingerprint density at radius 1 is 1.23 bits per heavy atom. The molecular formula is C18H24N4O3S. The summed E-state index contributed by atoms with van der Waals surface area (Å²) >= 11 is 1.24. The minimum absolute atomic E-state index is 0.0970. The number of nitrogens with zero attached hydrogens (tertiary/aromatic N) is 3. The predicted octanol–water partition coefficient (Wildman–Crippen LogP) is 2.76. The number of thioether (sulfide) groups is 1. The van der Waals surface area contributed by atoms with Gasteiger partial charge in [-0.1, -0.05) is 37.7 Å². The quantitative estimate of drug-likeness (QED) is 0.744. The topological polar surface area (TPSA) is 80.5 Å². The van der Waals surface area contributed by atoms with Crippen LogP contribution in [0.25, 0.3) is 0 Å². The van der Waals surface area contributed by atoms with Crippen molar-refractivity contribution in [3.05, 3.63) is 35.7 Å². The molecule has 1 aliphatic rings. The molecule has 0 radical (unpaired) electrons. The second-order valence-electron chi connectivity index (χ2n) is 6.46. The summed E-state index contributed by atoms with van der Waals surface area (Å²) in [6.45, 7) is 8.09. The third-order valence-corrected chi connectivity index (χ3v) is 4.92. The largest absolute Gasteiger partial charge is 0.415 e. The van der Waals surface area contributed by atoms with Gasteiger partial charge in [0.15, 0.2) is 0 Å². The lowest BCUT2D eigenvalue weighted by atomic mass is 10.0. The molecule has 2 aromatic rings. The number of hydrogen-bond donors (Lipinski definition) is 1. The third kappa shape index (κ3) is 5.55. The van der Waals surface area contributed by atoms with E-state index in [9.17, 15) is 4.79 Å². The average molecular weight is 376 g/mol.